The SMILES string of the molecule is NCC1CCN(C(=O)NCC[C@H](O)C(=O)O)C1. The Morgan fingerprint density at radius 1 is 1.53 bits per heavy atom. The molecule has 0 aromatic carbocycles. The van der Waals surface area contributed by atoms with E-state index in [1.54, 1.807) is 4.90 Å². The smallest absolute Gasteiger partial charge is 0.332 e. The van der Waals surface area contributed by atoms with Crippen molar-refractivity contribution in [3.63, 3.8) is 0 Å². The van der Waals surface area contributed by atoms with Gasteiger partial charge in [-0.2, -0.15) is 0 Å². The highest BCUT2D eigenvalue weighted by Crippen LogP contribution is 2.14. The van der Waals surface area contributed by atoms with Crippen LogP contribution in [-0.2, 0) is 4.79 Å². The first-order chi connectivity index (χ1) is 8.04. The lowest BCUT2D eigenvalue weighted by molar-refractivity contribution is -0.146. The number of nitrogens with two attached hydrogens (primary N) is 1. The number of carbonyl (C=O) groups is 2. The van der Waals surface area contributed by atoms with Crippen molar-refractivity contribution >= 4 is 12.0 Å². The lowest BCUT2D eigenvalue weighted by atomic mass is 10.1. The Labute approximate surface area is 99.6 Å². The largest absolute Gasteiger partial charge is 0.479 e. The maximum atomic E-state index is 11.6. The molecule has 0 aromatic rings. The highest BCUT2D eigenvalue weighted by atomic mass is 16.4. The van der Waals surface area contributed by atoms with Crippen LogP contribution in [0.2, 0.25) is 0 Å². The summed E-state index contributed by atoms with van der Waals surface area (Å²) in [7, 11) is 0. The number of likely N-dealkylation sites (tertiary alicyclic amines) is 1. The fourth-order valence-electron chi connectivity index (χ4n) is 1.76. The quantitative estimate of drug-likeness (QED) is 0.486. The summed E-state index contributed by atoms with van der Waals surface area (Å²) in [6, 6.07) is -0.224. The van der Waals surface area contributed by atoms with Gasteiger partial charge in [-0.05, 0) is 18.9 Å². The number of nitrogens with zero attached hydrogens (tertiary/aromatic N) is 1. The molecule has 5 N–H and O–H groups in total. The Morgan fingerprint density at radius 2 is 2.24 bits per heavy atom. The van der Waals surface area contributed by atoms with Gasteiger partial charge in [-0.1, -0.05) is 0 Å². The molecule has 7 heteroatoms. The van der Waals surface area contributed by atoms with E-state index in [0.29, 0.717) is 25.6 Å². The first-order valence-electron chi connectivity index (χ1n) is 5.68. The maximum Gasteiger partial charge on any atom is 0.332 e. The summed E-state index contributed by atoms with van der Waals surface area (Å²) in [5.74, 6) is -0.922. The van der Waals surface area contributed by atoms with Crippen LogP contribution in [-0.4, -0.2) is 59.4 Å². The average Bonchev–Trinajstić information content (AvgIpc) is 2.77. The number of aliphatic carboxylic acids is 1. The molecule has 1 fully saturated rings. The van der Waals surface area contributed by atoms with Crippen LogP contribution in [0, 0.1) is 5.92 Å². The van der Waals surface area contributed by atoms with Crippen LogP contribution in [0.3, 0.4) is 0 Å². The molecule has 0 radical (unpaired) electrons. The van der Waals surface area contributed by atoms with Crippen molar-refractivity contribution in [2.75, 3.05) is 26.2 Å². The van der Waals surface area contributed by atoms with Crippen molar-refractivity contribution < 1.29 is 19.8 Å². The molecule has 1 heterocycles. The van der Waals surface area contributed by atoms with E-state index in [9.17, 15) is 9.59 Å². The van der Waals surface area contributed by atoms with Crippen molar-refractivity contribution in [3.8, 4) is 0 Å². The van der Waals surface area contributed by atoms with Gasteiger partial charge in [-0.15, -0.1) is 0 Å². The first kappa shape index (κ1) is 13.7. The lowest BCUT2D eigenvalue weighted by Gasteiger charge is -2.17. The summed E-state index contributed by atoms with van der Waals surface area (Å²) >= 11 is 0. The van der Waals surface area contributed by atoms with E-state index in [2.05, 4.69) is 5.32 Å². The molecule has 1 aliphatic heterocycles. The second-order valence-corrected chi connectivity index (χ2v) is 4.21. The Hall–Kier alpha value is -1.34. The van der Waals surface area contributed by atoms with E-state index in [4.69, 9.17) is 15.9 Å². The number of carboxylic acids is 1. The number of carboxylic acid groups (broad SMARTS) is 1. The van der Waals surface area contributed by atoms with Crippen LogP contribution in [0.25, 0.3) is 0 Å². The number of aliphatic hydroxyl groups is 1. The second kappa shape index (κ2) is 6.41. The summed E-state index contributed by atoms with van der Waals surface area (Å²) in [5, 5.41) is 20.0. The van der Waals surface area contributed by atoms with Gasteiger partial charge >= 0.3 is 12.0 Å². The number of hydrogen-bond acceptors (Lipinski definition) is 4. The van der Waals surface area contributed by atoms with E-state index in [1.165, 1.54) is 0 Å². The molecular formula is C10H19N3O4. The molecule has 1 unspecified atom stereocenters. The third-order valence-electron chi connectivity index (χ3n) is 2.89. The zero-order chi connectivity index (χ0) is 12.8. The van der Waals surface area contributed by atoms with Crippen LogP contribution in [0.15, 0.2) is 0 Å². The van der Waals surface area contributed by atoms with Crippen LogP contribution in [0.4, 0.5) is 4.79 Å². The Bertz CT molecular complexity index is 285. The van der Waals surface area contributed by atoms with E-state index in [-0.39, 0.29) is 19.0 Å². The standard InChI is InChI=1S/C10H19N3O4/c11-5-7-2-4-13(6-7)10(17)12-3-1-8(14)9(15)16/h7-8,14H,1-6,11H2,(H,12,17)(H,15,16)/t7?,8-/m0/s1. The molecular weight excluding hydrogens is 226 g/mol. The minimum absolute atomic E-state index is 0.00916. The van der Waals surface area contributed by atoms with Gasteiger partial charge in [0.1, 0.15) is 0 Å². The second-order valence-electron chi connectivity index (χ2n) is 4.21. The van der Waals surface area contributed by atoms with Gasteiger partial charge in [-0.3, -0.25) is 0 Å². The molecule has 2 atom stereocenters. The minimum atomic E-state index is -1.43. The van der Waals surface area contributed by atoms with Gasteiger partial charge in [0.05, 0.1) is 0 Å². The maximum absolute atomic E-state index is 11.6. The molecule has 1 saturated heterocycles. The molecule has 98 valence electrons. The molecule has 0 aromatic heterocycles. The monoisotopic (exact) mass is 245 g/mol. The van der Waals surface area contributed by atoms with Crippen molar-refractivity contribution in [2.45, 2.75) is 18.9 Å². The van der Waals surface area contributed by atoms with Gasteiger partial charge in [0.15, 0.2) is 6.10 Å². The number of hydrogen-bond donors (Lipinski definition) is 4. The number of aliphatic hydroxyl groups excluding tert-OH is 1. The predicted molar refractivity (Wildman–Crippen MR) is 60.4 cm³/mol. The summed E-state index contributed by atoms with van der Waals surface area (Å²) < 4.78 is 0. The fraction of sp³-hybridized carbons (Fsp3) is 0.800. The molecule has 0 bridgehead atoms. The summed E-state index contributed by atoms with van der Waals surface area (Å²) in [5.41, 5.74) is 5.51. The van der Waals surface area contributed by atoms with Crippen LogP contribution in [0.5, 0.6) is 0 Å². The van der Waals surface area contributed by atoms with Gasteiger partial charge in [-0.25, -0.2) is 9.59 Å². The van der Waals surface area contributed by atoms with Crippen LogP contribution in [0.1, 0.15) is 12.8 Å². The average molecular weight is 245 g/mol. The first-order valence-corrected chi connectivity index (χ1v) is 5.68. The fourth-order valence-corrected chi connectivity index (χ4v) is 1.76. The normalized spacial score (nSPS) is 21.3. The lowest BCUT2D eigenvalue weighted by Crippen LogP contribution is -2.40. The molecule has 0 saturated carbocycles. The molecule has 0 aliphatic carbocycles. The Morgan fingerprint density at radius 3 is 2.76 bits per heavy atom. The highest BCUT2D eigenvalue weighted by Gasteiger charge is 2.25. The van der Waals surface area contributed by atoms with Crippen molar-refractivity contribution in [2.24, 2.45) is 11.7 Å². The highest BCUT2D eigenvalue weighted by molar-refractivity contribution is 5.75. The van der Waals surface area contributed by atoms with Gasteiger partial charge in [0.25, 0.3) is 0 Å². The zero-order valence-corrected chi connectivity index (χ0v) is 9.63. The minimum Gasteiger partial charge on any atom is -0.479 e. The van der Waals surface area contributed by atoms with E-state index in [0.717, 1.165) is 6.42 Å². The topological polar surface area (TPSA) is 116 Å². The Kier molecular flexibility index (Phi) is 5.17. The number of carbonyl (C=O) groups excluding carboxylic acids is 1. The zero-order valence-electron chi connectivity index (χ0n) is 9.63. The molecule has 7 nitrogen and oxygen atoms in total. The number of urea groups is 1. The van der Waals surface area contributed by atoms with E-state index >= 15 is 0 Å². The number of nitrogens with one attached hydrogen (secondary N) is 1. The predicted octanol–water partition coefficient (Wildman–Crippen LogP) is -1.19. The van der Waals surface area contributed by atoms with Crippen molar-refractivity contribution in [1.82, 2.24) is 10.2 Å². The number of amides is 2. The van der Waals surface area contributed by atoms with Gasteiger partial charge < -0.3 is 26.2 Å². The van der Waals surface area contributed by atoms with Gasteiger partial charge in [0, 0.05) is 26.1 Å². The van der Waals surface area contributed by atoms with Crippen molar-refractivity contribution in [3.05, 3.63) is 0 Å². The van der Waals surface area contributed by atoms with Crippen LogP contribution < -0.4 is 11.1 Å². The van der Waals surface area contributed by atoms with Gasteiger partial charge in [0.2, 0.25) is 0 Å². The molecule has 1 aliphatic rings. The van der Waals surface area contributed by atoms with Crippen LogP contribution >= 0.6 is 0 Å². The summed E-state index contributed by atoms with van der Waals surface area (Å²) in [4.78, 5) is 23.6. The van der Waals surface area contributed by atoms with Crippen molar-refractivity contribution in [1.29, 1.82) is 0 Å². The molecule has 17 heavy (non-hydrogen) atoms. The molecule has 0 spiro atoms. The van der Waals surface area contributed by atoms with E-state index < -0.39 is 12.1 Å². The number of rotatable bonds is 5. The Balaban J connectivity index is 2.20. The van der Waals surface area contributed by atoms with E-state index in [1.807, 2.05) is 0 Å². The molecule has 1 rings (SSSR count). The summed E-state index contributed by atoms with van der Waals surface area (Å²) in [6.45, 7) is 2.04. The third kappa shape index (κ3) is 4.20. The molecule has 2 amide bonds. The summed E-state index contributed by atoms with van der Waals surface area (Å²) in [6.07, 6.45) is -0.512. The third-order valence-corrected chi connectivity index (χ3v) is 2.89.